The minimum absolute atomic E-state index is 0.155. The summed E-state index contributed by atoms with van der Waals surface area (Å²) >= 11 is 0. The summed E-state index contributed by atoms with van der Waals surface area (Å²) in [6.45, 7) is 0.271. The molecule has 1 aromatic rings. The lowest BCUT2D eigenvalue weighted by Crippen LogP contribution is -2.51. The number of benzene rings is 1. The zero-order valence-corrected chi connectivity index (χ0v) is 12.6. The van der Waals surface area contributed by atoms with E-state index in [1.807, 2.05) is 0 Å². The molecule has 3 N–H and O–H groups in total. The minimum Gasteiger partial charge on any atom is -0.495 e. The molecule has 0 spiro atoms. The average Bonchev–Trinajstić information content (AvgIpc) is 2.46. The molecule has 0 amide bonds. The molecule has 0 aliphatic heterocycles. The summed E-state index contributed by atoms with van der Waals surface area (Å²) in [6, 6.07) is 6.58. The van der Waals surface area contributed by atoms with Gasteiger partial charge in [0.2, 0.25) is 10.0 Å². The zero-order valence-electron chi connectivity index (χ0n) is 11.8. The summed E-state index contributed by atoms with van der Waals surface area (Å²) in [5, 5.41) is 0. The van der Waals surface area contributed by atoms with Crippen molar-refractivity contribution < 1.29 is 13.2 Å². The first-order chi connectivity index (χ1) is 9.47. The van der Waals surface area contributed by atoms with Gasteiger partial charge in [0.1, 0.15) is 10.6 Å². The van der Waals surface area contributed by atoms with Crippen LogP contribution in [0.5, 0.6) is 5.75 Å². The molecule has 0 saturated heterocycles. The van der Waals surface area contributed by atoms with Crippen molar-refractivity contribution in [2.75, 3.05) is 13.7 Å². The van der Waals surface area contributed by atoms with Crippen LogP contribution in [-0.4, -0.2) is 27.6 Å². The van der Waals surface area contributed by atoms with Gasteiger partial charge in [-0.1, -0.05) is 31.4 Å². The molecular weight excluding hydrogens is 276 g/mol. The number of hydrogen-bond donors (Lipinski definition) is 2. The number of methoxy groups -OCH3 is 1. The SMILES string of the molecule is COc1ccccc1S(=O)(=O)NCC1(N)CCCCC1. The van der Waals surface area contributed by atoms with E-state index in [0.29, 0.717) is 5.75 Å². The van der Waals surface area contributed by atoms with Gasteiger partial charge in [-0.2, -0.15) is 0 Å². The van der Waals surface area contributed by atoms with Gasteiger partial charge < -0.3 is 10.5 Å². The molecule has 0 bridgehead atoms. The average molecular weight is 298 g/mol. The Morgan fingerprint density at radius 2 is 1.90 bits per heavy atom. The Morgan fingerprint density at radius 3 is 2.55 bits per heavy atom. The van der Waals surface area contributed by atoms with Crippen LogP contribution in [-0.2, 0) is 10.0 Å². The van der Waals surface area contributed by atoms with Gasteiger partial charge in [-0.25, -0.2) is 13.1 Å². The number of ether oxygens (including phenoxy) is 1. The Labute approximate surface area is 120 Å². The Balaban J connectivity index is 2.11. The van der Waals surface area contributed by atoms with Gasteiger partial charge in [-0.3, -0.25) is 0 Å². The highest BCUT2D eigenvalue weighted by Crippen LogP contribution is 2.27. The second-order valence-electron chi connectivity index (χ2n) is 5.40. The van der Waals surface area contributed by atoms with E-state index >= 15 is 0 Å². The highest BCUT2D eigenvalue weighted by molar-refractivity contribution is 7.89. The number of hydrogen-bond acceptors (Lipinski definition) is 4. The van der Waals surface area contributed by atoms with E-state index in [-0.39, 0.29) is 11.4 Å². The maximum Gasteiger partial charge on any atom is 0.244 e. The standard InChI is InChI=1S/C14H22N2O3S/c1-19-12-7-3-4-8-13(12)20(17,18)16-11-14(15)9-5-2-6-10-14/h3-4,7-8,16H,2,5-6,9-11,15H2,1H3. The van der Waals surface area contributed by atoms with E-state index in [1.165, 1.54) is 19.6 Å². The van der Waals surface area contributed by atoms with Crippen LogP contribution in [0.3, 0.4) is 0 Å². The van der Waals surface area contributed by atoms with Crippen LogP contribution in [0.25, 0.3) is 0 Å². The summed E-state index contributed by atoms with van der Waals surface area (Å²) in [7, 11) is -2.14. The van der Waals surface area contributed by atoms with Gasteiger partial charge in [-0.15, -0.1) is 0 Å². The second kappa shape index (κ2) is 6.11. The molecule has 1 saturated carbocycles. The molecule has 0 radical (unpaired) electrons. The van der Waals surface area contributed by atoms with Crippen LogP contribution >= 0.6 is 0 Å². The summed E-state index contributed by atoms with van der Waals surface area (Å²) in [5.74, 6) is 0.342. The van der Waals surface area contributed by atoms with Gasteiger partial charge in [0, 0.05) is 12.1 Å². The fourth-order valence-corrected chi connectivity index (χ4v) is 3.90. The summed E-state index contributed by atoms with van der Waals surface area (Å²) < 4.78 is 32.4. The van der Waals surface area contributed by atoms with Gasteiger partial charge in [0.15, 0.2) is 0 Å². The maximum absolute atomic E-state index is 12.4. The van der Waals surface area contributed by atoms with E-state index < -0.39 is 15.6 Å². The van der Waals surface area contributed by atoms with E-state index in [1.54, 1.807) is 18.2 Å². The molecule has 0 atom stereocenters. The highest BCUT2D eigenvalue weighted by atomic mass is 32.2. The van der Waals surface area contributed by atoms with Crippen LogP contribution in [0, 0.1) is 0 Å². The van der Waals surface area contributed by atoms with E-state index in [4.69, 9.17) is 10.5 Å². The third kappa shape index (κ3) is 3.50. The summed E-state index contributed by atoms with van der Waals surface area (Å²) in [5.41, 5.74) is 5.83. The van der Waals surface area contributed by atoms with Crippen LogP contribution in [0.15, 0.2) is 29.2 Å². The number of rotatable bonds is 5. The second-order valence-corrected chi connectivity index (χ2v) is 7.13. The minimum atomic E-state index is -3.60. The third-order valence-electron chi connectivity index (χ3n) is 3.82. The Hall–Kier alpha value is -1.11. The van der Waals surface area contributed by atoms with Crippen molar-refractivity contribution in [3.05, 3.63) is 24.3 Å². The maximum atomic E-state index is 12.4. The molecule has 112 valence electrons. The van der Waals surface area contributed by atoms with Gasteiger partial charge >= 0.3 is 0 Å². The van der Waals surface area contributed by atoms with Gasteiger partial charge in [0.25, 0.3) is 0 Å². The molecule has 1 fully saturated rings. The molecule has 2 rings (SSSR count). The summed E-state index contributed by atoms with van der Waals surface area (Å²) in [4.78, 5) is 0.155. The van der Waals surface area contributed by atoms with Crippen LogP contribution in [0.4, 0.5) is 0 Å². The number of nitrogens with two attached hydrogens (primary N) is 1. The molecule has 1 aliphatic rings. The molecule has 5 nitrogen and oxygen atoms in total. The zero-order chi connectivity index (χ0) is 14.6. The van der Waals surface area contributed by atoms with Crippen molar-refractivity contribution in [3.63, 3.8) is 0 Å². The van der Waals surface area contributed by atoms with Gasteiger partial charge in [-0.05, 0) is 25.0 Å². The molecule has 1 aromatic carbocycles. The van der Waals surface area contributed by atoms with E-state index in [2.05, 4.69) is 4.72 Å². The topological polar surface area (TPSA) is 81.4 Å². The molecule has 0 unspecified atom stereocenters. The van der Waals surface area contributed by atoms with Crippen molar-refractivity contribution >= 4 is 10.0 Å². The Kier molecular flexibility index (Phi) is 4.67. The lowest BCUT2D eigenvalue weighted by molar-refractivity contribution is 0.296. The molecular formula is C14H22N2O3S. The molecule has 1 aliphatic carbocycles. The normalized spacial score (nSPS) is 18.7. The lowest BCUT2D eigenvalue weighted by Gasteiger charge is -2.33. The first-order valence-corrected chi connectivity index (χ1v) is 8.37. The lowest BCUT2D eigenvalue weighted by atomic mass is 9.83. The molecule has 6 heteroatoms. The third-order valence-corrected chi connectivity index (χ3v) is 5.26. The Morgan fingerprint density at radius 1 is 1.25 bits per heavy atom. The van der Waals surface area contributed by atoms with Crippen LogP contribution in [0.2, 0.25) is 0 Å². The predicted molar refractivity (Wildman–Crippen MR) is 78.2 cm³/mol. The highest BCUT2D eigenvalue weighted by Gasteiger charge is 2.30. The predicted octanol–water partition coefficient (Wildman–Crippen LogP) is 1.64. The van der Waals surface area contributed by atoms with Crippen molar-refractivity contribution in [1.29, 1.82) is 0 Å². The monoisotopic (exact) mass is 298 g/mol. The van der Waals surface area contributed by atoms with E-state index in [0.717, 1.165) is 25.7 Å². The quantitative estimate of drug-likeness (QED) is 0.866. The number of para-hydroxylation sites is 1. The molecule has 0 aromatic heterocycles. The van der Waals surface area contributed by atoms with Crippen molar-refractivity contribution in [2.24, 2.45) is 5.73 Å². The first kappa shape index (κ1) is 15.3. The number of nitrogens with one attached hydrogen (secondary N) is 1. The van der Waals surface area contributed by atoms with Crippen molar-refractivity contribution in [2.45, 2.75) is 42.5 Å². The fourth-order valence-electron chi connectivity index (χ4n) is 2.59. The summed E-state index contributed by atoms with van der Waals surface area (Å²) in [6.07, 6.45) is 5.03. The van der Waals surface area contributed by atoms with Crippen LogP contribution in [0.1, 0.15) is 32.1 Å². The first-order valence-electron chi connectivity index (χ1n) is 6.88. The number of sulfonamides is 1. The van der Waals surface area contributed by atoms with E-state index in [9.17, 15) is 8.42 Å². The Bertz CT molecular complexity index is 551. The molecule has 20 heavy (non-hydrogen) atoms. The molecule has 0 heterocycles. The largest absolute Gasteiger partial charge is 0.495 e. The van der Waals surface area contributed by atoms with Crippen molar-refractivity contribution in [1.82, 2.24) is 4.72 Å². The van der Waals surface area contributed by atoms with Gasteiger partial charge in [0.05, 0.1) is 7.11 Å². The van der Waals surface area contributed by atoms with Crippen LogP contribution < -0.4 is 15.2 Å². The smallest absolute Gasteiger partial charge is 0.244 e. The fraction of sp³-hybridized carbons (Fsp3) is 0.571. The van der Waals surface area contributed by atoms with Crippen molar-refractivity contribution in [3.8, 4) is 5.75 Å².